The van der Waals surface area contributed by atoms with Crippen molar-refractivity contribution in [2.75, 3.05) is 0 Å². The zero-order chi connectivity index (χ0) is 18.5. The molecule has 0 aromatic heterocycles. The number of rotatable bonds is 4. The van der Waals surface area contributed by atoms with Gasteiger partial charge in [-0.3, -0.25) is 4.79 Å². The van der Waals surface area contributed by atoms with Crippen molar-refractivity contribution in [1.82, 2.24) is 0 Å². The molecule has 0 bridgehead atoms. The third-order valence-electron chi connectivity index (χ3n) is 10.2. The molecule has 0 aromatic rings. The van der Waals surface area contributed by atoms with E-state index in [9.17, 15) is 4.79 Å². The van der Waals surface area contributed by atoms with E-state index in [0.717, 1.165) is 36.0 Å². The zero-order valence-corrected chi connectivity index (χ0v) is 17.3. The van der Waals surface area contributed by atoms with Crippen LogP contribution < -0.4 is 0 Å². The fourth-order valence-electron chi connectivity index (χ4n) is 8.82. The highest BCUT2D eigenvalue weighted by molar-refractivity contribution is 5.66. The number of hydrogen-bond acceptors (Lipinski definition) is 1. The van der Waals surface area contributed by atoms with Crippen molar-refractivity contribution < 1.29 is 9.90 Å². The van der Waals surface area contributed by atoms with Crippen molar-refractivity contribution >= 4 is 5.97 Å². The summed E-state index contributed by atoms with van der Waals surface area (Å²) >= 11 is 0. The lowest BCUT2D eigenvalue weighted by molar-refractivity contribution is -0.137. The van der Waals surface area contributed by atoms with Crippen molar-refractivity contribution in [3.8, 4) is 0 Å². The molecule has 0 saturated heterocycles. The molecule has 4 fully saturated rings. The Kier molecular flexibility index (Phi) is 4.93. The topological polar surface area (TPSA) is 37.3 Å². The summed E-state index contributed by atoms with van der Waals surface area (Å²) in [6.07, 6.45) is 15.7. The zero-order valence-electron chi connectivity index (χ0n) is 17.3. The molecular weight excluding hydrogens is 320 g/mol. The van der Waals surface area contributed by atoms with Gasteiger partial charge in [-0.25, -0.2) is 0 Å². The molecule has 148 valence electrons. The van der Waals surface area contributed by atoms with E-state index < -0.39 is 5.97 Å². The van der Waals surface area contributed by atoms with Crippen LogP contribution in [-0.4, -0.2) is 11.1 Å². The van der Waals surface area contributed by atoms with Gasteiger partial charge in [0.05, 0.1) is 0 Å². The van der Waals surface area contributed by atoms with Gasteiger partial charge in [-0.05, 0) is 104 Å². The average molecular weight is 361 g/mol. The molecule has 26 heavy (non-hydrogen) atoms. The molecule has 0 radical (unpaired) electrons. The van der Waals surface area contributed by atoms with Gasteiger partial charge in [-0.1, -0.05) is 33.6 Å². The van der Waals surface area contributed by atoms with Crippen LogP contribution in [0, 0.1) is 46.3 Å². The number of hydrogen-bond donors (Lipinski definition) is 1. The lowest BCUT2D eigenvalue weighted by atomic mass is 9.44. The summed E-state index contributed by atoms with van der Waals surface area (Å²) in [6, 6.07) is 0. The molecule has 0 amide bonds. The Morgan fingerprint density at radius 2 is 1.73 bits per heavy atom. The Morgan fingerprint density at radius 3 is 2.50 bits per heavy atom. The molecule has 4 aliphatic rings. The second-order valence-electron chi connectivity index (χ2n) is 11.0. The Hall–Kier alpha value is -0.530. The normalized spacial score (nSPS) is 49.0. The molecular formula is C24H40O2. The van der Waals surface area contributed by atoms with Gasteiger partial charge in [-0.15, -0.1) is 0 Å². The summed E-state index contributed by atoms with van der Waals surface area (Å²) in [5.74, 6) is 4.57. The van der Waals surface area contributed by atoms with Gasteiger partial charge in [0.2, 0.25) is 0 Å². The lowest BCUT2D eigenvalue weighted by Crippen LogP contribution is -2.53. The fraction of sp³-hybridized carbons (Fsp3) is 0.958. The molecule has 1 N–H and O–H groups in total. The minimum Gasteiger partial charge on any atom is -0.481 e. The summed E-state index contributed by atoms with van der Waals surface area (Å²) in [5, 5.41) is 9.09. The van der Waals surface area contributed by atoms with Gasteiger partial charge < -0.3 is 5.11 Å². The number of carboxylic acids is 1. The van der Waals surface area contributed by atoms with E-state index in [2.05, 4.69) is 20.8 Å². The molecule has 0 aromatic carbocycles. The molecule has 8 atom stereocenters. The van der Waals surface area contributed by atoms with Crippen LogP contribution in [0.2, 0.25) is 0 Å². The summed E-state index contributed by atoms with van der Waals surface area (Å²) in [5.41, 5.74) is 1.12. The SMILES string of the molecule is CC(CCC(=O)O)C1CCC2C3CCC4CCCCC4(C)C3CC[C@]12C. The van der Waals surface area contributed by atoms with Gasteiger partial charge in [-0.2, -0.15) is 0 Å². The highest BCUT2D eigenvalue weighted by Gasteiger charge is 2.60. The van der Waals surface area contributed by atoms with Gasteiger partial charge in [0.15, 0.2) is 0 Å². The number of aliphatic carboxylic acids is 1. The third kappa shape index (κ3) is 2.85. The van der Waals surface area contributed by atoms with Gasteiger partial charge >= 0.3 is 5.97 Å². The van der Waals surface area contributed by atoms with Gasteiger partial charge in [0, 0.05) is 6.42 Å². The van der Waals surface area contributed by atoms with Crippen LogP contribution in [0.4, 0.5) is 0 Å². The number of carboxylic acid groups (broad SMARTS) is 1. The molecule has 4 aliphatic carbocycles. The minimum absolute atomic E-state index is 0.351. The minimum atomic E-state index is -0.621. The Balaban J connectivity index is 1.52. The van der Waals surface area contributed by atoms with E-state index in [-0.39, 0.29) is 0 Å². The first-order valence-electron chi connectivity index (χ1n) is 11.6. The van der Waals surface area contributed by atoms with Crippen LogP contribution in [0.15, 0.2) is 0 Å². The maximum Gasteiger partial charge on any atom is 0.303 e. The molecule has 7 unspecified atom stereocenters. The Labute approximate surface area is 160 Å². The smallest absolute Gasteiger partial charge is 0.303 e. The lowest BCUT2D eigenvalue weighted by Gasteiger charge is -2.61. The molecule has 0 heterocycles. The van der Waals surface area contributed by atoms with Crippen molar-refractivity contribution in [2.45, 2.75) is 97.8 Å². The van der Waals surface area contributed by atoms with Crippen LogP contribution >= 0.6 is 0 Å². The highest BCUT2D eigenvalue weighted by atomic mass is 16.4. The molecule has 4 saturated carbocycles. The molecule has 2 nitrogen and oxygen atoms in total. The van der Waals surface area contributed by atoms with Crippen molar-refractivity contribution in [1.29, 1.82) is 0 Å². The standard InChI is InChI=1S/C24H40O2/c1-16(7-12-22(25)26)19-10-11-20-18-9-8-17-6-4-5-14-23(17,2)21(18)13-15-24(19,20)3/h16-21H,4-15H2,1-3H3,(H,25,26)/t16?,17?,18?,19?,20?,21?,23?,24-/m1/s1. The second kappa shape index (κ2) is 6.82. The van der Waals surface area contributed by atoms with E-state index >= 15 is 0 Å². The molecule has 0 spiro atoms. The fourth-order valence-corrected chi connectivity index (χ4v) is 8.82. The summed E-state index contributed by atoms with van der Waals surface area (Å²) < 4.78 is 0. The van der Waals surface area contributed by atoms with E-state index in [0.29, 0.717) is 23.2 Å². The van der Waals surface area contributed by atoms with E-state index in [1.165, 1.54) is 64.2 Å². The first kappa shape index (κ1) is 18.8. The van der Waals surface area contributed by atoms with Crippen LogP contribution in [0.1, 0.15) is 97.8 Å². The van der Waals surface area contributed by atoms with Crippen LogP contribution in [0.5, 0.6) is 0 Å². The maximum atomic E-state index is 11.0. The maximum absolute atomic E-state index is 11.0. The Morgan fingerprint density at radius 1 is 0.962 bits per heavy atom. The molecule has 2 heteroatoms. The van der Waals surface area contributed by atoms with Gasteiger partial charge in [0.1, 0.15) is 0 Å². The molecule has 0 aliphatic heterocycles. The Bertz CT molecular complexity index is 542. The average Bonchev–Trinajstić information content (AvgIpc) is 2.96. The summed E-state index contributed by atoms with van der Waals surface area (Å²) in [4.78, 5) is 11.0. The van der Waals surface area contributed by atoms with Crippen molar-refractivity contribution in [2.24, 2.45) is 46.3 Å². The van der Waals surface area contributed by atoms with Crippen molar-refractivity contribution in [3.63, 3.8) is 0 Å². The monoisotopic (exact) mass is 360 g/mol. The molecule has 4 rings (SSSR count). The van der Waals surface area contributed by atoms with Crippen LogP contribution in [0.25, 0.3) is 0 Å². The first-order chi connectivity index (χ1) is 12.4. The third-order valence-corrected chi connectivity index (χ3v) is 10.2. The summed E-state index contributed by atoms with van der Waals surface area (Å²) in [6.45, 7) is 7.60. The quantitative estimate of drug-likeness (QED) is 0.618. The summed E-state index contributed by atoms with van der Waals surface area (Å²) in [7, 11) is 0. The first-order valence-corrected chi connectivity index (χ1v) is 11.6. The largest absolute Gasteiger partial charge is 0.481 e. The van der Waals surface area contributed by atoms with E-state index in [1.807, 2.05) is 0 Å². The van der Waals surface area contributed by atoms with Gasteiger partial charge in [0.25, 0.3) is 0 Å². The predicted octanol–water partition coefficient (Wildman–Crippen LogP) is 6.54. The number of carbonyl (C=O) groups is 1. The second-order valence-corrected chi connectivity index (χ2v) is 11.0. The highest BCUT2D eigenvalue weighted by Crippen LogP contribution is 2.68. The van der Waals surface area contributed by atoms with Crippen molar-refractivity contribution in [3.05, 3.63) is 0 Å². The predicted molar refractivity (Wildman–Crippen MR) is 106 cm³/mol. The van der Waals surface area contributed by atoms with Crippen LogP contribution in [-0.2, 0) is 4.79 Å². The van der Waals surface area contributed by atoms with E-state index in [1.54, 1.807) is 0 Å². The van der Waals surface area contributed by atoms with Crippen LogP contribution in [0.3, 0.4) is 0 Å². The van der Waals surface area contributed by atoms with E-state index in [4.69, 9.17) is 5.11 Å². The number of fused-ring (bicyclic) bond motifs is 5.